The summed E-state index contributed by atoms with van der Waals surface area (Å²) in [6.07, 6.45) is -0.963. The van der Waals surface area contributed by atoms with Crippen LogP contribution in [0, 0.1) is 15.2 Å². The van der Waals surface area contributed by atoms with Crippen molar-refractivity contribution in [2.45, 2.75) is 45.0 Å². The average molecular weight is 614 g/mol. The van der Waals surface area contributed by atoms with Crippen LogP contribution in [0.2, 0.25) is 0 Å². The number of rotatable bonds is 11. The summed E-state index contributed by atoms with van der Waals surface area (Å²) in [6, 6.07) is 10.4. The van der Waals surface area contributed by atoms with Crippen molar-refractivity contribution in [1.29, 1.82) is 0 Å². The third kappa shape index (κ3) is 8.75. The van der Waals surface area contributed by atoms with Gasteiger partial charge in [-0.3, -0.25) is 14.5 Å². The van der Waals surface area contributed by atoms with E-state index in [1.807, 2.05) is 38.1 Å². The lowest BCUT2D eigenvalue weighted by Crippen LogP contribution is -2.56. The third-order valence-electron chi connectivity index (χ3n) is 6.09. The molecule has 0 unspecified atom stereocenters. The number of hydrogen-bond acceptors (Lipinski definition) is 5. The van der Waals surface area contributed by atoms with Crippen LogP contribution < -0.4 is 10.6 Å². The first kappa shape index (κ1) is 28.4. The molecule has 2 amide bonds. The lowest BCUT2D eigenvalue weighted by Gasteiger charge is -2.36. The highest BCUT2D eigenvalue weighted by atomic mass is 127. The number of aliphatic hydroxyl groups is 1. The van der Waals surface area contributed by atoms with E-state index in [0.29, 0.717) is 25.2 Å². The molecular weight excluding hydrogens is 581 g/mol. The number of piperazine rings is 1. The van der Waals surface area contributed by atoms with E-state index in [9.17, 15) is 23.5 Å². The minimum atomic E-state index is -1.01. The van der Waals surface area contributed by atoms with Gasteiger partial charge in [0.05, 0.1) is 25.2 Å². The van der Waals surface area contributed by atoms with Crippen LogP contribution in [0.1, 0.15) is 25.0 Å². The van der Waals surface area contributed by atoms with Gasteiger partial charge in [-0.2, -0.15) is 0 Å². The van der Waals surface area contributed by atoms with Gasteiger partial charge in [-0.05, 0) is 78.3 Å². The number of halogens is 3. The Hall–Kier alpha value is -2.15. The van der Waals surface area contributed by atoms with Gasteiger partial charge >= 0.3 is 0 Å². The minimum Gasteiger partial charge on any atom is -0.390 e. The predicted molar refractivity (Wildman–Crippen MR) is 142 cm³/mol. The molecule has 3 N–H and O–H groups in total. The number of carbonyl (C=O) groups is 2. The molecule has 2 atom stereocenters. The second kappa shape index (κ2) is 13.4. The van der Waals surface area contributed by atoms with Gasteiger partial charge in [-0.15, -0.1) is 0 Å². The Morgan fingerprint density at radius 3 is 2.47 bits per heavy atom. The van der Waals surface area contributed by atoms with Crippen LogP contribution in [0.15, 0.2) is 42.5 Å². The van der Waals surface area contributed by atoms with Crippen molar-refractivity contribution in [3.05, 3.63) is 68.8 Å². The van der Waals surface area contributed by atoms with Crippen molar-refractivity contribution >= 4 is 34.4 Å². The van der Waals surface area contributed by atoms with E-state index >= 15 is 0 Å². The van der Waals surface area contributed by atoms with E-state index < -0.39 is 23.8 Å². The van der Waals surface area contributed by atoms with Crippen LogP contribution in [0.25, 0.3) is 0 Å². The lowest BCUT2D eigenvalue weighted by atomic mass is 10.0. The summed E-state index contributed by atoms with van der Waals surface area (Å²) in [5.74, 6) is -1.83. The first-order valence-electron chi connectivity index (χ1n) is 12.0. The molecule has 3 rings (SSSR count). The molecule has 0 saturated carbocycles. The Morgan fingerprint density at radius 1 is 1.11 bits per heavy atom. The van der Waals surface area contributed by atoms with Gasteiger partial charge in [0, 0.05) is 41.9 Å². The molecule has 0 spiro atoms. The summed E-state index contributed by atoms with van der Waals surface area (Å²) in [7, 11) is 0. The SMILES string of the molecule is CC(C)N1CCN(CC(=O)N[C@@H](Cc2cc(F)cc(F)c2)[C@H](O)CNCc2cccc(I)c2)CC1=O. The molecule has 0 aliphatic carbocycles. The van der Waals surface area contributed by atoms with Crippen molar-refractivity contribution < 1.29 is 23.5 Å². The van der Waals surface area contributed by atoms with Crippen LogP contribution in [0.4, 0.5) is 8.78 Å². The van der Waals surface area contributed by atoms with Crippen molar-refractivity contribution in [3.8, 4) is 0 Å². The van der Waals surface area contributed by atoms with Crippen LogP contribution in [0.3, 0.4) is 0 Å². The maximum Gasteiger partial charge on any atom is 0.237 e. The number of nitrogens with zero attached hydrogens (tertiary/aromatic N) is 2. The fourth-order valence-corrected chi connectivity index (χ4v) is 4.90. The van der Waals surface area contributed by atoms with E-state index in [2.05, 4.69) is 33.2 Å². The maximum absolute atomic E-state index is 13.8. The van der Waals surface area contributed by atoms with Gasteiger partial charge in [0.25, 0.3) is 0 Å². The zero-order valence-corrected chi connectivity index (χ0v) is 22.7. The first-order valence-corrected chi connectivity index (χ1v) is 13.1. The fraction of sp³-hybridized carbons (Fsp3) is 0.462. The van der Waals surface area contributed by atoms with Gasteiger partial charge in [-0.1, -0.05) is 12.1 Å². The number of carbonyl (C=O) groups excluding carboxylic acids is 2. The molecule has 10 heteroatoms. The summed E-state index contributed by atoms with van der Waals surface area (Å²) in [5.41, 5.74) is 1.38. The largest absolute Gasteiger partial charge is 0.390 e. The highest BCUT2D eigenvalue weighted by molar-refractivity contribution is 14.1. The quantitative estimate of drug-likeness (QED) is 0.339. The zero-order chi connectivity index (χ0) is 26.2. The summed E-state index contributed by atoms with van der Waals surface area (Å²) in [5, 5.41) is 16.9. The molecule has 2 aromatic rings. The van der Waals surface area contributed by atoms with E-state index in [0.717, 1.165) is 15.2 Å². The van der Waals surface area contributed by atoms with Crippen LogP contribution in [0.5, 0.6) is 0 Å². The Morgan fingerprint density at radius 2 is 1.83 bits per heavy atom. The Balaban J connectivity index is 1.62. The molecule has 7 nitrogen and oxygen atoms in total. The summed E-state index contributed by atoms with van der Waals surface area (Å²) in [4.78, 5) is 28.7. The molecule has 0 radical (unpaired) electrons. The molecule has 196 valence electrons. The summed E-state index contributed by atoms with van der Waals surface area (Å²) >= 11 is 2.23. The first-order chi connectivity index (χ1) is 17.1. The highest BCUT2D eigenvalue weighted by Gasteiger charge is 2.28. The van der Waals surface area contributed by atoms with Gasteiger partial charge < -0.3 is 20.6 Å². The molecule has 0 bridgehead atoms. The number of hydrogen-bond donors (Lipinski definition) is 3. The van der Waals surface area contributed by atoms with Crippen molar-refractivity contribution in [2.24, 2.45) is 0 Å². The zero-order valence-electron chi connectivity index (χ0n) is 20.5. The normalized spacial score (nSPS) is 16.3. The summed E-state index contributed by atoms with van der Waals surface area (Å²) < 4.78 is 28.6. The van der Waals surface area contributed by atoms with Crippen molar-refractivity contribution in [3.63, 3.8) is 0 Å². The second-order valence-corrected chi connectivity index (χ2v) is 10.6. The van der Waals surface area contributed by atoms with E-state index in [-0.39, 0.29) is 43.9 Å². The molecule has 2 aromatic carbocycles. The molecule has 0 aromatic heterocycles. The predicted octanol–water partition coefficient (Wildman–Crippen LogP) is 2.30. The number of amides is 2. The maximum atomic E-state index is 13.8. The molecule has 1 heterocycles. The standard InChI is InChI=1S/C26H33F2IN4O3/c1-17(2)33-7-6-32(16-26(33)36)15-25(35)31-23(11-19-8-20(27)12-21(28)9-19)24(34)14-30-13-18-4-3-5-22(29)10-18/h3-5,8-10,12,17,23-24,30,34H,6-7,11,13-16H2,1-2H3,(H,31,35)/t23-,24+/m0/s1. The third-order valence-corrected chi connectivity index (χ3v) is 6.76. The molecule has 36 heavy (non-hydrogen) atoms. The second-order valence-electron chi connectivity index (χ2n) is 9.38. The Bertz CT molecular complexity index is 1040. The minimum absolute atomic E-state index is 0.00567. The van der Waals surface area contributed by atoms with E-state index in [4.69, 9.17) is 0 Å². The molecule has 1 saturated heterocycles. The van der Waals surface area contributed by atoms with Crippen molar-refractivity contribution in [2.75, 3.05) is 32.7 Å². The fourth-order valence-electron chi connectivity index (χ4n) is 4.29. The van der Waals surface area contributed by atoms with Gasteiger partial charge in [0.1, 0.15) is 11.6 Å². The molecule has 1 aliphatic rings. The average Bonchev–Trinajstić information content (AvgIpc) is 2.77. The number of aliphatic hydroxyl groups excluding tert-OH is 1. The van der Waals surface area contributed by atoms with Crippen molar-refractivity contribution in [1.82, 2.24) is 20.4 Å². The highest BCUT2D eigenvalue weighted by Crippen LogP contribution is 2.13. The monoisotopic (exact) mass is 614 g/mol. The topological polar surface area (TPSA) is 84.9 Å². The molecule has 1 fully saturated rings. The van der Waals surface area contributed by atoms with Crippen LogP contribution in [-0.2, 0) is 22.6 Å². The number of nitrogens with one attached hydrogen (secondary N) is 2. The van der Waals surface area contributed by atoms with Gasteiger partial charge in [-0.25, -0.2) is 8.78 Å². The van der Waals surface area contributed by atoms with Gasteiger partial charge in [0.15, 0.2) is 0 Å². The molecular formula is C26H33F2IN4O3. The van der Waals surface area contributed by atoms with Crippen LogP contribution >= 0.6 is 22.6 Å². The van der Waals surface area contributed by atoms with Gasteiger partial charge in [0.2, 0.25) is 11.8 Å². The summed E-state index contributed by atoms with van der Waals surface area (Å²) in [6.45, 7) is 5.84. The van der Waals surface area contributed by atoms with E-state index in [1.165, 1.54) is 12.1 Å². The Labute approximate surface area is 224 Å². The smallest absolute Gasteiger partial charge is 0.237 e. The molecule has 1 aliphatic heterocycles. The van der Waals surface area contributed by atoms with Crippen LogP contribution in [-0.4, -0.2) is 77.6 Å². The van der Waals surface area contributed by atoms with E-state index in [1.54, 1.807) is 9.80 Å². The Kier molecular flexibility index (Phi) is 10.6. The number of benzene rings is 2. The lowest BCUT2D eigenvalue weighted by molar-refractivity contribution is -0.139.